The van der Waals surface area contributed by atoms with Crippen LogP contribution in [0.15, 0.2) is 29.3 Å². The summed E-state index contributed by atoms with van der Waals surface area (Å²) in [5.74, 6) is 0.846. The summed E-state index contributed by atoms with van der Waals surface area (Å²) in [5, 5.41) is 6.63. The third kappa shape index (κ3) is 11.4. The molecule has 0 aromatic heterocycles. The van der Waals surface area contributed by atoms with Gasteiger partial charge in [0.15, 0.2) is 5.96 Å². The van der Waals surface area contributed by atoms with E-state index in [0.717, 1.165) is 51.7 Å². The third-order valence-electron chi connectivity index (χ3n) is 3.44. The number of nitrogens with one attached hydrogen (secondary N) is 2. The zero-order chi connectivity index (χ0) is 17.5. The van der Waals surface area contributed by atoms with Crippen molar-refractivity contribution in [3.05, 3.63) is 35.4 Å². The van der Waals surface area contributed by atoms with E-state index in [2.05, 4.69) is 53.7 Å². The summed E-state index contributed by atoms with van der Waals surface area (Å²) >= 11 is 0. The van der Waals surface area contributed by atoms with Gasteiger partial charge in [-0.05, 0) is 37.8 Å². The lowest BCUT2D eigenvalue weighted by atomic mass is 10.1. The van der Waals surface area contributed by atoms with Crippen molar-refractivity contribution in [2.75, 3.05) is 32.9 Å². The van der Waals surface area contributed by atoms with Crippen LogP contribution in [-0.4, -0.2) is 38.9 Å². The van der Waals surface area contributed by atoms with Crippen LogP contribution in [0.25, 0.3) is 0 Å². The van der Waals surface area contributed by atoms with E-state index < -0.39 is 0 Å². The van der Waals surface area contributed by atoms with Crippen LogP contribution < -0.4 is 10.6 Å². The highest BCUT2D eigenvalue weighted by molar-refractivity contribution is 14.0. The Morgan fingerprint density at radius 3 is 2.44 bits per heavy atom. The van der Waals surface area contributed by atoms with Gasteiger partial charge in [-0.3, -0.25) is 0 Å². The lowest BCUT2D eigenvalue weighted by Gasteiger charge is -2.12. The fourth-order valence-electron chi connectivity index (χ4n) is 2.21. The van der Waals surface area contributed by atoms with Gasteiger partial charge in [0, 0.05) is 32.9 Å². The second kappa shape index (κ2) is 16.6. The Labute approximate surface area is 170 Å². The smallest absolute Gasteiger partial charge is 0.191 e. The monoisotopic (exact) mass is 463 g/mol. The van der Waals surface area contributed by atoms with Crippen LogP contribution >= 0.6 is 24.0 Å². The maximum Gasteiger partial charge on any atom is 0.191 e. The highest BCUT2D eigenvalue weighted by Gasteiger charge is 2.03. The van der Waals surface area contributed by atoms with Gasteiger partial charge < -0.3 is 20.1 Å². The number of hydrogen-bond acceptors (Lipinski definition) is 3. The molecular formula is C19H34IN3O2. The first-order valence-electron chi connectivity index (χ1n) is 9.06. The lowest BCUT2D eigenvalue weighted by Crippen LogP contribution is -2.38. The van der Waals surface area contributed by atoms with Crippen molar-refractivity contribution in [2.45, 2.75) is 46.8 Å². The summed E-state index contributed by atoms with van der Waals surface area (Å²) in [5.41, 5.74) is 2.42. The largest absolute Gasteiger partial charge is 0.382 e. The standard InChI is InChI=1S/C19H33N3O2.HI/c1-4-13-24-16-18-11-8-7-10-17(18)15-22-19(20-5-2)21-12-9-14-23-6-3;/h7-8,10-11H,4-6,9,12-16H2,1-3H3,(H2,20,21,22);1H. The predicted molar refractivity (Wildman–Crippen MR) is 116 cm³/mol. The Bertz CT molecular complexity index is 470. The zero-order valence-corrected chi connectivity index (χ0v) is 18.2. The Morgan fingerprint density at radius 2 is 1.76 bits per heavy atom. The maximum atomic E-state index is 5.67. The second-order valence-corrected chi connectivity index (χ2v) is 5.49. The van der Waals surface area contributed by atoms with E-state index in [9.17, 15) is 0 Å². The van der Waals surface area contributed by atoms with E-state index in [-0.39, 0.29) is 24.0 Å². The summed E-state index contributed by atoms with van der Waals surface area (Å²) in [6, 6.07) is 8.33. The number of halogens is 1. The van der Waals surface area contributed by atoms with E-state index in [1.807, 2.05) is 6.92 Å². The molecule has 6 heteroatoms. The lowest BCUT2D eigenvalue weighted by molar-refractivity contribution is 0.121. The molecule has 0 aliphatic rings. The minimum atomic E-state index is 0. The van der Waals surface area contributed by atoms with Crippen molar-refractivity contribution in [3.63, 3.8) is 0 Å². The maximum absolute atomic E-state index is 5.67. The second-order valence-electron chi connectivity index (χ2n) is 5.49. The quantitative estimate of drug-likeness (QED) is 0.215. The highest BCUT2D eigenvalue weighted by Crippen LogP contribution is 2.11. The number of rotatable bonds is 12. The van der Waals surface area contributed by atoms with E-state index >= 15 is 0 Å². The molecule has 0 atom stereocenters. The average Bonchev–Trinajstić information content (AvgIpc) is 2.60. The third-order valence-corrected chi connectivity index (χ3v) is 3.44. The fourth-order valence-corrected chi connectivity index (χ4v) is 2.21. The molecule has 1 aromatic carbocycles. The molecule has 1 rings (SSSR count). The van der Waals surface area contributed by atoms with Gasteiger partial charge in [-0.2, -0.15) is 0 Å². The van der Waals surface area contributed by atoms with Gasteiger partial charge in [0.2, 0.25) is 0 Å². The minimum Gasteiger partial charge on any atom is -0.382 e. The Morgan fingerprint density at radius 1 is 1.00 bits per heavy atom. The van der Waals surface area contributed by atoms with Crippen molar-refractivity contribution in [1.82, 2.24) is 10.6 Å². The van der Waals surface area contributed by atoms with Crippen molar-refractivity contribution in [3.8, 4) is 0 Å². The number of aliphatic imine (C=N–C) groups is 1. The van der Waals surface area contributed by atoms with Gasteiger partial charge in [-0.25, -0.2) is 4.99 Å². The van der Waals surface area contributed by atoms with Gasteiger partial charge >= 0.3 is 0 Å². The molecule has 0 radical (unpaired) electrons. The molecule has 0 saturated carbocycles. The van der Waals surface area contributed by atoms with Crippen molar-refractivity contribution in [1.29, 1.82) is 0 Å². The fraction of sp³-hybridized carbons (Fsp3) is 0.632. The molecule has 0 aliphatic carbocycles. The van der Waals surface area contributed by atoms with Crippen LogP contribution in [0.5, 0.6) is 0 Å². The summed E-state index contributed by atoms with van der Waals surface area (Å²) in [7, 11) is 0. The molecule has 1 aromatic rings. The topological polar surface area (TPSA) is 54.9 Å². The number of guanidine groups is 1. The molecule has 0 saturated heterocycles. The van der Waals surface area contributed by atoms with Gasteiger partial charge in [-0.15, -0.1) is 24.0 Å². The highest BCUT2D eigenvalue weighted by atomic mass is 127. The molecule has 0 fully saturated rings. The Hall–Kier alpha value is -0.860. The number of nitrogens with zero attached hydrogens (tertiary/aromatic N) is 1. The van der Waals surface area contributed by atoms with Gasteiger partial charge in [0.25, 0.3) is 0 Å². The predicted octanol–water partition coefficient (Wildman–Crippen LogP) is 3.71. The summed E-state index contributed by atoms with van der Waals surface area (Å²) in [4.78, 5) is 4.69. The molecule has 0 unspecified atom stereocenters. The van der Waals surface area contributed by atoms with Crippen LogP contribution in [0.2, 0.25) is 0 Å². The SMILES string of the molecule is CCCOCc1ccccc1CN=C(NCC)NCCCOCC.I. The van der Waals surface area contributed by atoms with Crippen LogP contribution in [-0.2, 0) is 22.6 Å². The van der Waals surface area contributed by atoms with E-state index in [0.29, 0.717) is 13.2 Å². The number of benzene rings is 1. The number of hydrogen-bond donors (Lipinski definition) is 2. The van der Waals surface area contributed by atoms with Gasteiger partial charge in [-0.1, -0.05) is 31.2 Å². The van der Waals surface area contributed by atoms with Gasteiger partial charge in [0.1, 0.15) is 0 Å². The van der Waals surface area contributed by atoms with Crippen molar-refractivity contribution in [2.24, 2.45) is 4.99 Å². The molecule has 5 nitrogen and oxygen atoms in total. The molecule has 25 heavy (non-hydrogen) atoms. The van der Waals surface area contributed by atoms with E-state index in [1.165, 1.54) is 11.1 Å². The molecular weight excluding hydrogens is 429 g/mol. The van der Waals surface area contributed by atoms with E-state index in [1.54, 1.807) is 0 Å². The van der Waals surface area contributed by atoms with Crippen LogP contribution in [0.1, 0.15) is 44.7 Å². The van der Waals surface area contributed by atoms with Gasteiger partial charge in [0.05, 0.1) is 13.2 Å². The van der Waals surface area contributed by atoms with Crippen LogP contribution in [0.4, 0.5) is 0 Å². The van der Waals surface area contributed by atoms with Crippen molar-refractivity contribution < 1.29 is 9.47 Å². The first kappa shape index (κ1) is 24.1. The molecule has 0 heterocycles. The normalized spacial score (nSPS) is 11.1. The number of ether oxygens (including phenoxy) is 2. The zero-order valence-electron chi connectivity index (χ0n) is 15.8. The van der Waals surface area contributed by atoms with Crippen LogP contribution in [0.3, 0.4) is 0 Å². The average molecular weight is 463 g/mol. The van der Waals surface area contributed by atoms with Crippen LogP contribution in [0, 0.1) is 0 Å². The molecule has 0 bridgehead atoms. The summed E-state index contributed by atoms with van der Waals surface area (Å²) in [6.45, 7) is 11.5. The Balaban J connectivity index is 0.00000576. The molecule has 0 spiro atoms. The van der Waals surface area contributed by atoms with E-state index in [4.69, 9.17) is 9.47 Å². The first-order valence-corrected chi connectivity index (χ1v) is 9.06. The molecule has 0 aliphatic heterocycles. The Kier molecular flexibility index (Phi) is 16.0. The minimum absolute atomic E-state index is 0. The molecule has 144 valence electrons. The summed E-state index contributed by atoms with van der Waals surface area (Å²) in [6.07, 6.45) is 2.01. The first-order chi connectivity index (χ1) is 11.8. The summed E-state index contributed by atoms with van der Waals surface area (Å²) < 4.78 is 11.0. The molecule has 0 amide bonds. The molecule has 2 N–H and O–H groups in total. The van der Waals surface area contributed by atoms with Crippen molar-refractivity contribution >= 4 is 29.9 Å².